The molecule has 232 valence electrons. The van der Waals surface area contributed by atoms with E-state index >= 15 is 0 Å². The lowest BCUT2D eigenvalue weighted by atomic mass is 9.59. The van der Waals surface area contributed by atoms with Crippen molar-refractivity contribution in [3.8, 4) is 22.6 Å². The van der Waals surface area contributed by atoms with Gasteiger partial charge in [0.1, 0.15) is 22.9 Å². The Hall–Kier alpha value is -5.00. The molecule has 0 spiro atoms. The molecule has 3 aliphatic carbocycles. The van der Waals surface area contributed by atoms with E-state index in [2.05, 4.69) is 5.32 Å². The van der Waals surface area contributed by atoms with Gasteiger partial charge >= 0.3 is 0 Å². The highest BCUT2D eigenvalue weighted by Crippen LogP contribution is 2.54. The van der Waals surface area contributed by atoms with Crippen molar-refractivity contribution < 1.29 is 43.9 Å². The molecular formula is C34H31FN2O8. The summed E-state index contributed by atoms with van der Waals surface area (Å²) in [5.41, 5.74) is 5.11. The van der Waals surface area contributed by atoms with Crippen molar-refractivity contribution in [1.29, 1.82) is 0 Å². The number of carbonyl (C=O) groups is 3. The van der Waals surface area contributed by atoms with Gasteiger partial charge in [0.15, 0.2) is 22.9 Å². The summed E-state index contributed by atoms with van der Waals surface area (Å²) in [6.45, 7) is 0.913. The number of phenolic OH excluding ortho intramolecular Hbond substituents is 1. The number of nitrogens with one attached hydrogen (secondary N) is 1. The smallest absolute Gasteiger partial charge is 0.255 e. The molecule has 0 saturated heterocycles. The number of primary amides is 1. The SMILES string of the molecule is COc1cc(-c2cccc(CNCc3cccc(F)c3)c2)c2c(c1O)C(O)=C1C(=O)[C@]3(O)C(O)=C(C(N)=O)C(=O)C[C@@H]3C[C@@H]1C2. The molecule has 3 aromatic rings. The van der Waals surface area contributed by atoms with Crippen LogP contribution in [0.2, 0.25) is 0 Å². The molecule has 3 aliphatic rings. The third kappa shape index (κ3) is 4.84. The van der Waals surface area contributed by atoms with Crippen molar-refractivity contribution in [2.75, 3.05) is 7.11 Å². The van der Waals surface area contributed by atoms with E-state index in [0.717, 1.165) is 16.7 Å². The number of hydrogen-bond acceptors (Lipinski definition) is 9. The fraction of sp³-hybridized carbons (Fsp3) is 0.265. The van der Waals surface area contributed by atoms with Crippen molar-refractivity contribution in [3.05, 3.63) is 99.6 Å². The Balaban J connectivity index is 1.40. The fourth-order valence-electron chi connectivity index (χ4n) is 6.92. The molecule has 0 bridgehead atoms. The zero-order valence-electron chi connectivity index (χ0n) is 24.3. The predicted molar refractivity (Wildman–Crippen MR) is 160 cm³/mol. The maximum atomic E-state index is 13.8. The lowest BCUT2D eigenvalue weighted by Gasteiger charge is -2.46. The zero-order chi connectivity index (χ0) is 32.2. The zero-order valence-corrected chi connectivity index (χ0v) is 24.3. The number of ketones is 2. The normalized spacial score (nSPS) is 22.6. The first-order valence-corrected chi connectivity index (χ1v) is 14.4. The molecular weight excluding hydrogens is 583 g/mol. The maximum absolute atomic E-state index is 13.8. The Kier molecular flexibility index (Phi) is 7.46. The molecule has 0 heterocycles. The van der Waals surface area contributed by atoms with Crippen LogP contribution < -0.4 is 15.8 Å². The number of benzene rings is 3. The number of carbonyl (C=O) groups excluding carboxylic acids is 3. The van der Waals surface area contributed by atoms with E-state index in [-0.39, 0.29) is 35.5 Å². The van der Waals surface area contributed by atoms with E-state index in [1.165, 1.54) is 19.2 Å². The van der Waals surface area contributed by atoms with Gasteiger partial charge in [0.25, 0.3) is 5.91 Å². The number of nitrogens with two attached hydrogens (primary N) is 1. The molecule has 3 aromatic carbocycles. The van der Waals surface area contributed by atoms with Gasteiger partial charge in [0.05, 0.1) is 12.7 Å². The Morgan fingerprint density at radius 2 is 1.73 bits per heavy atom. The van der Waals surface area contributed by atoms with E-state index in [9.17, 15) is 39.2 Å². The number of amides is 1. The highest BCUT2D eigenvalue weighted by atomic mass is 19.1. The maximum Gasteiger partial charge on any atom is 0.255 e. The lowest BCUT2D eigenvalue weighted by Crippen LogP contribution is -2.58. The van der Waals surface area contributed by atoms with Crippen molar-refractivity contribution in [1.82, 2.24) is 5.32 Å². The molecule has 1 saturated carbocycles. The number of aliphatic hydroxyl groups is 3. The summed E-state index contributed by atoms with van der Waals surface area (Å²) in [5.74, 6) is -7.25. The molecule has 11 heteroatoms. The van der Waals surface area contributed by atoms with Gasteiger partial charge < -0.3 is 36.2 Å². The van der Waals surface area contributed by atoms with Gasteiger partial charge in [-0.25, -0.2) is 4.39 Å². The highest BCUT2D eigenvalue weighted by molar-refractivity contribution is 6.22. The minimum atomic E-state index is -2.64. The van der Waals surface area contributed by atoms with Crippen LogP contribution in [0.4, 0.5) is 4.39 Å². The summed E-state index contributed by atoms with van der Waals surface area (Å²) in [6, 6.07) is 15.5. The lowest BCUT2D eigenvalue weighted by molar-refractivity contribution is -0.147. The number of Topliss-reactive ketones (excluding diaryl/α,β-unsaturated/α-hetero) is 2. The minimum Gasteiger partial charge on any atom is -0.508 e. The van der Waals surface area contributed by atoms with E-state index in [4.69, 9.17) is 10.5 Å². The Bertz CT molecular complexity index is 1850. The van der Waals surface area contributed by atoms with E-state index < -0.39 is 64.2 Å². The number of aromatic hydroxyl groups is 1. The van der Waals surface area contributed by atoms with Crippen molar-refractivity contribution in [2.45, 2.75) is 38.0 Å². The van der Waals surface area contributed by atoms with E-state index in [1.54, 1.807) is 12.1 Å². The minimum absolute atomic E-state index is 0.0270. The highest BCUT2D eigenvalue weighted by Gasteiger charge is 2.60. The third-order valence-electron chi connectivity index (χ3n) is 9.03. The van der Waals surface area contributed by atoms with Crippen LogP contribution in [-0.4, -0.2) is 50.6 Å². The number of hydrogen-bond donors (Lipinski definition) is 6. The van der Waals surface area contributed by atoms with Crippen LogP contribution in [0.5, 0.6) is 11.5 Å². The second-order valence-corrected chi connectivity index (χ2v) is 11.7. The van der Waals surface area contributed by atoms with Crippen LogP contribution in [0, 0.1) is 17.7 Å². The summed E-state index contributed by atoms with van der Waals surface area (Å²) >= 11 is 0. The van der Waals surface area contributed by atoms with Gasteiger partial charge in [0.2, 0.25) is 5.78 Å². The first-order valence-electron chi connectivity index (χ1n) is 14.4. The van der Waals surface area contributed by atoms with Gasteiger partial charge in [-0.05, 0) is 70.8 Å². The second kappa shape index (κ2) is 11.2. The molecule has 45 heavy (non-hydrogen) atoms. The summed E-state index contributed by atoms with van der Waals surface area (Å²) < 4.78 is 19.0. The molecule has 0 aromatic heterocycles. The number of fused-ring (bicyclic) bond motifs is 3. The number of ether oxygens (including phenoxy) is 1. The van der Waals surface area contributed by atoms with Gasteiger partial charge in [-0.2, -0.15) is 0 Å². The Morgan fingerprint density at radius 3 is 2.40 bits per heavy atom. The van der Waals surface area contributed by atoms with Crippen LogP contribution in [0.25, 0.3) is 16.9 Å². The predicted octanol–water partition coefficient (Wildman–Crippen LogP) is 3.53. The van der Waals surface area contributed by atoms with Gasteiger partial charge in [-0.3, -0.25) is 14.4 Å². The van der Waals surface area contributed by atoms with Crippen molar-refractivity contribution in [2.24, 2.45) is 17.6 Å². The largest absolute Gasteiger partial charge is 0.508 e. The van der Waals surface area contributed by atoms with Crippen LogP contribution in [0.3, 0.4) is 0 Å². The fourth-order valence-corrected chi connectivity index (χ4v) is 6.92. The molecule has 6 rings (SSSR count). The molecule has 0 unspecified atom stereocenters. The van der Waals surface area contributed by atoms with E-state index in [1.807, 2.05) is 30.3 Å². The molecule has 7 N–H and O–H groups in total. The first-order chi connectivity index (χ1) is 21.4. The van der Waals surface area contributed by atoms with Gasteiger partial charge in [-0.15, -0.1) is 0 Å². The molecule has 0 aliphatic heterocycles. The third-order valence-corrected chi connectivity index (χ3v) is 9.03. The average molecular weight is 615 g/mol. The summed E-state index contributed by atoms with van der Waals surface area (Å²) in [4.78, 5) is 38.4. The molecule has 1 amide bonds. The number of rotatable bonds is 7. The Labute approximate surface area is 257 Å². The van der Waals surface area contributed by atoms with Crippen LogP contribution in [0.15, 0.2) is 71.5 Å². The monoisotopic (exact) mass is 614 g/mol. The van der Waals surface area contributed by atoms with Gasteiger partial charge in [0, 0.05) is 31.0 Å². The number of halogens is 1. The standard InChI is InChI=1S/C34H31FN2O8/c1-45-25-13-22(18-6-2-4-16(8-18)14-37-15-17-5-3-7-21(35)9-17)23-11-19-10-20-12-24(38)28(33(36)43)32(42)34(20,44)31(41)26(19)30(40)27(23)29(25)39/h2-9,13,19-20,37,39-40,42,44H,10-12,14-15H2,1H3,(H2,36,43)/t19-,20+,34+/m1/s1. The molecule has 10 nitrogen and oxygen atoms in total. The van der Waals surface area contributed by atoms with Crippen LogP contribution in [-0.2, 0) is 33.9 Å². The van der Waals surface area contributed by atoms with Crippen LogP contribution >= 0.6 is 0 Å². The topological polar surface area (TPSA) is 179 Å². The molecule has 0 radical (unpaired) electrons. The van der Waals surface area contributed by atoms with E-state index in [0.29, 0.717) is 24.2 Å². The number of aliphatic hydroxyl groups excluding tert-OH is 2. The number of methoxy groups -OCH3 is 1. The molecule has 3 atom stereocenters. The summed E-state index contributed by atoms with van der Waals surface area (Å²) in [5, 5.41) is 48.3. The summed E-state index contributed by atoms with van der Waals surface area (Å²) in [6.07, 6.45) is -0.212. The molecule has 1 fully saturated rings. The van der Waals surface area contributed by atoms with Crippen molar-refractivity contribution in [3.63, 3.8) is 0 Å². The summed E-state index contributed by atoms with van der Waals surface area (Å²) in [7, 11) is 1.35. The van der Waals surface area contributed by atoms with Gasteiger partial charge in [-0.1, -0.05) is 30.3 Å². The van der Waals surface area contributed by atoms with Crippen LogP contribution in [0.1, 0.15) is 35.1 Å². The quantitative estimate of drug-likeness (QED) is 0.217. The first kappa shape index (κ1) is 30.0. The Morgan fingerprint density at radius 1 is 1.04 bits per heavy atom. The average Bonchev–Trinajstić information content (AvgIpc) is 2.99. The van der Waals surface area contributed by atoms with Crippen molar-refractivity contribution >= 4 is 23.2 Å². The number of phenols is 1. The second-order valence-electron chi connectivity index (χ2n) is 11.7.